The Morgan fingerprint density at radius 1 is 1.24 bits per heavy atom. The average Bonchev–Trinajstić information content (AvgIpc) is 2.93. The molecule has 21 heavy (non-hydrogen) atoms. The molecule has 1 aliphatic heterocycles. The molecule has 0 bridgehead atoms. The van der Waals surface area contributed by atoms with Crippen molar-refractivity contribution in [3.63, 3.8) is 0 Å². The Bertz CT molecular complexity index is 619. The van der Waals surface area contributed by atoms with E-state index in [4.69, 9.17) is 9.26 Å². The number of hydrogen-bond donors (Lipinski definition) is 1. The number of carbonyl (C=O) groups is 1. The molecule has 0 saturated carbocycles. The maximum absolute atomic E-state index is 12.2. The Hall–Kier alpha value is -2.48. The zero-order valence-corrected chi connectivity index (χ0v) is 11.6. The van der Waals surface area contributed by atoms with Gasteiger partial charge in [0.25, 0.3) is 5.91 Å². The fraction of sp³-hybridized carbons (Fsp3) is 0.385. The third-order valence-electron chi connectivity index (χ3n) is 3.05. The number of morpholine rings is 1. The highest BCUT2D eigenvalue weighted by atomic mass is 16.5. The summed E-state index contributed by atoms with van der Waals surface area (Å²) in [7, 11) is 0. The van der Waals surface area contributed by atoms with Crippen LogP contribution < -0.4 is 5.32 Å². The molecule has 3 rings (SSSR count). The minimum Gasteiger partial charge on any atom is -0.378 e. The lowest BCUT2D eigenvalue weighted by Crippen LogP contribution is -2.41. The van der Waals surface area contributed by atoms with Crippen molar-refractivity contribution in [1.29, 1.82) is 0 Å². The summed E-state index contributed by atoms with van der Waals surface area (Å²) < 4.78 is 10.2. The quantitative estimate of drug-likeness (QED) is 0.900. The summed E-state index contributed by atoms with van der Waals surface area (Å²) in [6, 6.07) is 1.74. The van der Waals surface area contributed by atoms with Crippen LogP contribution in [0.2, 0.25) is 0 Å². The fourth-order valence-corrected chi connectivity index (χ4v) is 1.99. The summed E-state index contributed by atoms with van der Waals surface area (Å²) in [6.07, 6.45) is 2.95. The van der Waals surface area contributed by atoms with Crippen LogP contribution in [0.1, 0.15) is 16.2 Å². The first-order valence-electron chi connectivity index (χ1n) is 6.62. The van der Waals surface area contributed by atoms with Crippen LogP contribution in [0, 0.1) is 6.92 Å². The molecule has 1 fully saturated rings. The number of rotatable bonds is 3. The van der Waals surface area contributed by atoms with Gasteiger partial charge >= 0.3 is 0 Å². The summed E-state index contributed by atoms with van der Waals surface area (Å²) in [5.74, 6) is 1.62. The first-order chi connectivity index (χ1) is 10.2. The molecule has 8 heteroatoms. The van der Waals surface area contributed by atoms with Gasteiger partial charge in [-0.15, -0.1) is 0 Å². The zero-order chi connectivity index (χ0) is 14.7. The zero-order valence-electron chi connectivity index (χ0n) is 11.6. The molecule has 0 aromatic carbocycles. The van der Waals surface area contributed by atoms with Gasteiger partial charge in [0.05, 0.1) is 25.6 Å². The second-order valence-electron chi connectivity index (χ2n) is 4.64. The van der Waals surface area contributed by atoms with Gasteiger partial charge in [-0.3, -0.25) is 4.79 Å². The van der Waals surface area contributed by atoms with E-state index in [1.807, 2.05) is 0 Å². The number of ether oxygens (including phenoxy) is 1. The number of hydrogen-bond acceptors (Lipinski definition) is 7. The van der Waals surface area contributed by atoms with Crippen LogP contribution in [0.4, 0.5) is 11.6 Å². The van der Waals surface area contributed by atoms with Crippen molar-refractivity contribution in [2.75, 3.05) is 31.6 Å². The lowest BCUT2D eigenvalue weighted by atomic mass is 10.3. The monoisotopic (exact) mass is 289 g/mol. The number of aromatic nitrogens is 3. The maximum Gasteiger partial charge on any atom is 0.274 e. The molecule has 0 radical (unpaired) electrons. The normalized spacial score (nSPS) is 15.0. The Balaban J connectivity index is 1.67. The number of carbonyl (C=O) groups excluding carboxylic acids is 1. The molecule has 0 spiro atoms. The molecule has 1 saturated heterocycles. The molecule has 2 aromatic heterocycles. The molecule has 8 nitrogen and oxygen atoms in total. The second-order valence-corrected chi connectivity index (χ2v) is 4.64. The van der Waals surface area contributed by atoms with Gasteiger partial charge in [0, 0.05) is 19.2 Å². The Morgan fingerprint density at radius 2 is 2.05 bits per heavy atom. The SMILES string of the molecule is Cc1cc(Nc2cnc(C(=O)N3CCOCC3)cn2)no1. The minimum atomic E-state index is -0.130. The number of nitrogens with zero attached hydrogens (tertiary/aromatic N) is 4. The van der Waals surface area contributed by atoms with E-state index in [9.17, 15) is 4.79 Å². The molecule has 0 atom stereocenters. The molecule has 0 aliphatic carbocycles. The van der Waals surface area contributed by atoms with E-state index in [0.29, 0.717) is 49.4 Å². The molecule has 110 valence electrons. The topological polar surface area (TPSA) is 93.4 Å². The third-order valence-corrected chi connectivity index (χ3v) is 3.05. The first kappa shape index (κ1) is 13.5. The van der Waals surface area contributed by atoms with Crippen molar-refractivity contribution in [3.05, 3.63) is 29.9 Å². The van der Waals surface area contributed by atoms with Gasteiger partial charge in [-0.25, -0.2) is 9.97 Å². The predicted octanol–water partition coefficient (Wildman–Crippen LogP) is 0.989. The maximum atomic E-state index is 12.2. The van der Waals surface area contributed by atoms with E-state index in [1.165, 1.54) is 12.4 Å². The number of anilines is 2. The molecule has 1 aliphatic rings. The molecule has 2 aromatic rings. The third kappa shape index (κ3) is 3.16. The van der Waals surface area contributed by atoms with E-state index in [-0.39, 0.29) is 5.91 Å². The number of nitrogens with one attached hydrogen (secondary N) is 1. The summed E-state index contributed by atoms with van der Waals surface area (Å²) in [5, 5.41) is 6.75. The predicted molar refractivity (Wildman–Crippen MR) is 73.3 cm³/mol. The second kappa shape index (κ2) is 5.88. The van der Waals surface area contributed by atoms with E-state index in [0.717, 1.165) is 0 Å². The molecular weight excluding hydrogens is 274 g/mol. The minimum absolute atomic E-state index is 0.130. The summed E-state index contributed by atoms with van der Waals surface area (Å²) in [6.45, 7) is 4.08. The lowest BCUT2D eigenvalue weighted by Gasteiger charge is -2.26. The van der Waals surface area contributed by atoms with Crippen LogP contribution >= 0.6 is 0 Å². The van der Waals surface area contributed by atoms with Crippen LogP contribution in [0.5, 0.6) is 0 Å². The highest BCUT2D eigenvalue weighted by Gasteiger charge is 2.19. The van der Waals surface area contributed by atoms with Crippen molar-refractivity contribution < 1.29 is 14.1 Å². The van der Waals surface area contributed by atoms with Gasteiger partial charge in [-0.1, -0.05) is 5.16 Å². The largest absolute Gasteiger partial charge is 0.378 e. The molecule has 0 unspecified atom stereocenters. The summed E-state index contributed by atoms with van der Waals surface area (Å²) in [4.78, 5) is 22.2. The standard InChI is InChI=1S/C13H15N5O3/c1-9-6-11(17-21-9)16-12-8-14-10(7-15-12)13(19)18-2-4-20-5-3-18/h6-8H,2-5H2,1H3,(H,15,16,17). The highest BCUT2D eigenvalue weighted by molar-refractivity contribution is 5.92. The van der Waals surface area contributed by atoms with Crippen LogP contribution in [-0.4, -0.2) is 52.2 Å². The van der Waals surface area contributed by atoms with Crippen LogP contribution in [0.3, 0.4) is 0 Å². The van der Waals surface area contributed by atoms with E-state index in [2.05, 4.69) is 20.4 Å². The van der Waals surface area contributed by atoms with Gasteiger partial charge < -0.3 is 19.5 Å². The first-order valence-corrected chi connectivity index (χ1v) is 6.62. The fourth-order valence-electron chi connectivity index (χ4n) is 1.99. The molecular formula is C13H15N5O3. The summed E-state index contributed by atoms with van der Waals surface area (Å²) in [5.41, 5.74) is 0.318. The average molecular weight is 289 g/mol. The van der Waals surface area contributed by atoms with Crippen LogP contribution in [0.25, 0.3) is 0 Å². The molecule has 1 N–H and O–H groups in total. The van der Waals surface area contributed by atoms with Crippen molar-refractivity contribution in [3.8, 4) is 0 Å². The Labute approximate surface area is 121 Å². The van der Waals surface area contributed by atoms with E-state index >= 15 is 0 Å². The van der Waals surface area contributed by atoms with Gasteiger partial charge in [-0.05, 0) is 6.92 Å². The number of amides is 1. The summed E-state index contributed by atoms with van der Waals surface area (Å²) >= 11 is 0. The van der Waals surface area contributed by atoms with Crippen molar-refractivity contribution in [2.45, 2.75) is 6.92 Å². The Morgan fingerprint density at radius 3 is 2.67 bits per heavy atom. The van der Waals surface area contributed by atoms with Crippen LogP contribution in [0.15, 0.2) is 23.0 Å². The van der Waals surface area contributed by atoms with Crippen molar-refractivity contribution >= 4 is 17.5 Å². The highest BCUT2D eigenvalue weighted by Crippen LogP contribution is 2.13. The van der Waals surface area contributed by atoms with Gasteiger partial charge in [0.15, 0.2) is 5.82 Å². The lowest BCUT2D eigenvalue weighted by molar-refractivity contribution is 0.0298. The van der Waals surface area contributed by atoms with Gasteiger partial charge in [-0.2, -0.15) is 0 Å². The number of aryl methyl sites for hydroxylation is 1. The van der Waals surface area contributed by atoms with E-state index in [1.54, 1.807) is 17.9 Å². The van der Waals surface area contributed by atoms with E-state index < -0.39 is 0 Å². The van der Waals surface area contributed by atoms with Crippen molar-refractivity contribution in [2.24, 2.45) is 0 Å². The van der Waals surface area contributed by atoms with Gasteiger partial charge in [0.2, 0.25) is 0 Å². The van der Waals surface area contributed by atoms with Gasteiger partial charge in [0.1, 0.15) is 17.3 Å². The smallest absolute Gasteiger partial charge is 0.274 e. The van der Waals surface area contributed by atoms with Crippen molar-refractivity contribution in [1.82, 2.24) is 20.0 Å². The molecule has 1 amide bonds. The van der Waals surface area contributed by atoms with Crippen LogP contribution in [-0.2, 0) is 4.74 Å². The Kier molecular flexibility index (Phi) is 3.78. The molecule has 3 heterocycles.